The largest absolute Gasteiger partial charge is 0.362 e. The zero-order chi connectivity index (χ0) is 29.0. The van der Waals surface area contributed by atoms with Crippen molar-refractivity contribution in [3.63, 3.8) is 0 Å². The smallest absolute Gasteiger partial charge is 0.236 e. The highest BCUT2D eigenvalue weighted by atomic mass is 15.4. The Morgan fingerprint density at radius 1 is 0.651 bits per heavy atom. The van der Waals surface area contributed by atoms with E-state index < -0.39 is 0 Å². The Labute approximate surface area is 249 Å². The second kappa shape index (κ2) is 11.5. The molecule has 6 nitrogen and oxygen atoms in total. The number of aromatic nitrogens is 4. The van der Waals surface area contributed by atoms with Gasteiger partial charge in [0.05, 0.1) is 16.7 Å². The molecule has 2 N–H and O–H groups in total. The van der Waals surface area contributed by atoms with Crippen molar-refractivity contribution in [2.24, 2.45) is 0 Å². The van der Waals surface area contributed by atoms with E-state index in [1.807, 2.05) is 79.0 Å². The third-order valence-electron chi connectivity index (χ3n) is 7.29. The average Bonchev–Trinajstić information content (AvgIpc) is 3.72. The van der Waals surface area contributed by atoms with Gasteiger partial charge in [0.1, 0.15) is 5.69 Å². The number of nitrogens with one attached hydrogen (secondary N) is 2. The molecule has 0 aliphatic rings. The van der Waals surface area contributed by atoms with Crippen molar-refractivity contribution in [2.75, 3.05) is 5.32 Å². The molecule has 0 spiro atoms. The van der Waals surface area contributed by atoms with Gasteiger partial charge in [-0.3, -0.25) is 9.98 Å². The van der Waals surface area contributed by atoms with Crippen LogP contribution in [0.2, 0.25) is 0 Å². The number of para-hydroxylation sites is 3. The first-order chi connectivity index (χ1) is 21.2. The minimum Gasteiger partial charge on any atom is -0.362 e. The Kier molecular flexibility index (Phi) is 6.91. The molecule has 0 aliphatic carbocycles. The first-order valence-electron chi connectivity index (χ1n) is 14.1. The van der Waals surface area contributed by atoms with Crippen LogP contribution in [0.15, 0.2) is 158 Å². The lowest BCUT2D eigenvalue weighted by molar-refractivity contribution is 0.793. The molecule has 7 rings (SSSR count). The summed E-state index contributed by atoms with van der Waals surface area (Å²) in [4.78, 5) is 4.85. The standard InChI is InChI=1S/C37H28N6/c38-33(21-23-39-31-16-10-15-30(26-31)29-14-9-13-28(25-29)27-11-3-1-4-12-27)34-22-24-42(41-34)37-40-35-19-7-8-20-36(35)43(37)32-17-5-2-6-18-32/h1-26,38-39H/b23-21-,38-33?. The number of rotatable bonds is 8. The maximum atomic E-state index is 8.65. The molecule has 0 fully saturated rings. The number of fused-ring (bicyclic) bond motifs is 1. The topological polar surface area (TPSA) is 71.5 Å². The van der Waals surface area contributed by atoms with Gasteiger partial charge in [0, 0.05) is 23.8 Å². The van der Waals surface area contributed by atoms with Crippen LogP contribution in [0.5, 0.6) is 0 Å². The molecule has 43 heavy (non-hydrogen) atoms. The molecule has 0 saturated carbocycles. The van der Waals surface area contributed by atoms with Crippen LogP contribution < -0.4 is 5.32 Å². The van der Waals surface area contributed by atoms with Crippen LogP contribution in [-0.2, 0) is 0 Å². The van der Waals surface area contributed by atoms with E-state index in [9.17, 15) is 0 Å². The van der Waals surface area contributed by atoms with Crippen LogP contribution in [0.1, 0.15) is 5.69 Å². The number of hydrogen-bond donors (Lipinski definition) is 2. The monoisotopic (exact) mass is 556 g/mol. The summed E-state index contributed by atoms with van der Waals surface area (Å²) in [5.41, 5.74) is 9.30. The summed E-state index contributed by atoms with van der Waals surface area (Å²) in [6.45, 7) is 0. The van der Waals surface area contributed by atoms with Gasteiger partial charge >= 0.3 is 0 Å². The minimum atomic E-state index is 0.292. The van der Waals surface area contributed by atoms with Gasteiger partial charge in [-0.2, -0.15) is 5.10 Å². The van der Waals surface area contributed by atoms with Gasteiger partial charge in [0.15, 0.2) is 0 Å². The molecule has 0 amide bonds. The predicted octanol–water partition coefficient (Wildman–Crippen LogP) is 8.54. The number of benzene rings is 5. The Balaban J connectivity index is 1.09. The highest BCUT2D eigenvalue weighted by Gasteiger charge is 2.15. The zero-order valence-electron chi connectivity index (χ0n) is 23.3. The third-order valence-corrected chi connectivity index (χ3v) is 7.29. The first kappa shape index (κ1) is 25.9. The lowest BCUT2D eigenvalue weighted by Crippen LogP contribution is -2.07. The zero-order valence-corrected chi connectivity index (χ0v) is 23.3. The van der Waals surface area contributed by atoms with Crippen molar-refractivity contribution in [2.45, 2.75) is 0 Å². The maximum Gasteiger partial charge on any atom is 0.236 e. The molecule has 7 aromatic rings. The summed E-state index contributed by atoms with van der Waals surface area (Å²) in [6, 6.07) is 47.2. The van der Waals surface area contributed by atoms with Gasteiger partial charge in [-0.25, -0.2) is 9.67 Å². The average molecular weight is 557 g/mol. The molecule has 6 heteroatoms. The number of hydrogen-bond acceptors (Lipinski definition) is 4. The van der Waals surface area contributed by atoms with Crippen molar-refractivity contribution >= 4 is 22.4 Å². The molecule has 0 saturated heterocycles. The van der Waals surface area contributed by atoms with Gasteiger partial charge in [-0.05, 0) is 76.9 Å². The van der Waals surface area contributed by atoms with Gasteiger partial charge in [0.25, 0.3) is 0 Å². The highest BCUT2D eigenvalue weighted by Crippen LogP contribution is 2.28. The molecule has 0 radical (unpaired) electrons. The van der Waals surface area contributed by atoms with Crippen LogP contribution in [-0.4, -0.2) is 25.0 Å². The van der Waals surface area contributed by atoms with Crippen molar-refractivity contribution in [1.29, 1.82) is 5.41 Å². The van der Waals surface area contributed by atoms with E-state index in [4.69, 9.17) is 15.5 Å². The molecular formula is C37H28N6. The summed E-state index contributed by atoms with van der Waals surface area (Å²) in [5, 5.41) is 16.7. The fourth-order valence-electron chi connectivity index (χ4n) is 5.18. The van der Waals surface area contributed by atoms with E-state index in [0.29, 0.717) is 17.4 Å². The lowest BCUT2D eigenvalue weighted by Gasteiger charge is -2.09. The summed E-state index contributed by atoms with van der Waals surface area (Å²) in [7, 11) is 0. The molecule has 0 atom stereocenters. The first-order valence-corrected chi connectivity index (χ1v) is 14.1. The van der Waals surface area contributed by atoms with Crippen molar-refractivity contribution in [1.82, 2.24) is 19.3 Å². The summed E-state index contributed by atoms with van der Waals surface area (Å²) < 4.78 is 3.81. The molecule has 0 aliphatic heterocycles. The Morgan fingerprint density at radius 2 is 1.30 bits per heavy atom. The van der Waals surface area contributed by atoms with E-state index >= 15 is 0 Å². The van der Waals surface area contributed by atoms with E-state index in [1.54, 1.807) is 17.0 Å². The maximum absolute atomic E-state index is 8.65. The molecule has 2 heterocycles. The SMILES string of the molecule is N=C(/C=C\Nc1cccc(-c2cccc(-c3ccccc3)c2)c1)c1ccn(-c2nc3ccccc3n2-c2ccccc2)n1. The second-order valence-electron chi connectivity index (χ2n) is 10.1. The molecule has 5 aromatic carbocycles. The van der Waals surface area contributed by atoms with Crippen LogP contribution in [0.25, 0.3) is 44.9 Å². The van der Waals surface area contributed by atoms with E-state index in [-0.39, 0.29) is 0 Å². The van der Waals surface area contributed by atoms with Crippen LogP contribution in [0, 0.1) is 5.41 Å². The molecular weight excluding hydrogens is 528 g/mol. The fraction of sp³-hybridized carbons (Fsp3) is 0. The van der Waals surface area contributed by atoms with Gasteiger partial charge < -0.3 is 5.32 Å². The quantitative estimate of drug-likeness (QED) is 0.184. The predicted molar refractivity (Wildman–Crippen MR) is 175 cm³/mol. The summed E-state index contributed by atoms with van der Waals surface area (Å²) in [6.07, 6.45) is 5.34. The van der Waals surface area contributed by atoms with Crippen molar-refractivity contribution in [3.8, 4) is 33.9 Å². The van der Waals surface area contributed by atoms with E-state index in [0.717, 1.165) is 33.5 Å². The normalized spacial score (nSPS) is 11.3. The Hall–Kier alpha value is -6.01. The Bertz CT molecular complexity index is 2070. The molecule has 0 bridgehead atoms. The molecule has 0 unspecified atom stereocenters. The van der Waals surface area contributed by atoms with Crippen molar-refractivity contribution in [3.05, 3.63) is 164 Å². The van der Waals surface area contributed by atoms with Crippen LogP contribution >= 0.6 is 0 Å². The lowest BCUT2D eigenvalue weighted by atomic mass is 9.99. The van der Waals surface area contributed by atoms with Gasteiger partial charge in [-0.15, -0.1) is 0 Å². The van der Waals surface area contributed by atoms with E-state index in [2.05, 4.69) is 76.6 Å². The van der Waals surface area contributed by atoms with Crippen LogP contribution in [0.4, 0.5) is 5.69 Å². The van der Waals surface area contributed by atoms with Crippen molar-refractivity contribution < 1.29 is 0 Å². The number of nitrogens with zero attached hydrogens (tertiary/aromatic N) is 4. The molecule has 206 valence electrons. The van der Waals surface area contributed by atoms with Gasteiger partial charge in [0.2, 0.25) is 5.95 Å². The summed E-state index contributed by atoms with van der Waals surface area (Å²) >= 11 is 0. The minimum absolute atomic E-state index is 0.292. The molecule has 2 aromatic heterocycles. The second-order valence-corrected chi connectivity index (χ2v) is 10.1. The Morgan fingerprint density at radius 3 is 2.12 bits per heavy atom. The number of allylic oxidation sites excluding steroid dienone is 1. The van der Waals surface area contributed by atoms with Crippen LogP contribution in [0.3, 0.4) is 0 Å². The number of imidazole rings is 1. The highest BCUT2D eigenvalue weighted by molar-refractivity contribution is 6.05. The fourth-order valence-corrected chi connectivity index (χ4v) is 5.18. The van der Waals surface area contributed by atoms with Gasteiger partial charge in [-0.1, -0.05) is 91.0 Å². The van der Waals surface area contributed by atoms with E-state index in [1.165, 1.54) is 11.1 Å². The third kappa shape index (κ3) is 5.37. The number of anilines is 1. The summed E-state index contributed by atoms with van der Waals surface area (Å²) in [5.74, 6) is 0.668.